The standard InChI is InChI=1S/C5H12NO5P/c1-2-4(5(7)8)6-3-12(9,10)11/h4,6H,2-3H2,1H3,(H,7,8)(H2,9,10,11). The van der Waals surface area contributed by atoms with Crippen molar-refractivity contribution in [2.75, 3.05) is 6.29 Å². The first-order valence-corrected chi connectivity index (χ1v) is 5.17. The second-order valence-corrected chi connectivity index (χ2v) is 3.97. The van der Waals surface area contributed by atoms with E-state index in [0.29, 0.717) is 0 Å². The molecule has 72 valence electrons. The normalized spacial score (nSPS) is 14.2. The average Bonchev–Trinajstić information content (AvgIpc) is 1.85. The molecule has 0 bridgehead atoms. The number of aliphatic carboxylic acids is 1. The second-order valence-electron chi connectivity index (χ2n) is 2.33. The molecular formula is C5H12NO5P. The molecule has 0 aromatic rings. The van der Waals surface area contributed by atoms with E-state index >= 15 is 0 Å². The Kier molecular flexibility index (Phi) is 4.41. The molecule has 0 aromatic heterocycles. The Morgan fingerprint density at radius 2 is 2.08 bits per heavy atom. The Morgan fingerprint density at radius 1 is 1.58 bits per heavy atom. The summed E-state index contributed by atoms with van der Waals surface area (Å²) in [5, 5.41) is 10.7. The lowest BCUT2D eigenvalue weighted by molar-refractivity contribution is -0.139. The molecule has 1 unspecified atom stereocenters. The van der Waals surface area contributed by atoms with Gasteiger partial charge in [-0.3, -0.25) is 14.7 Å². The predicted molar refractivity (Wildman–Crippen MR) is 41.8 cm³/mol. The van der Waals surface area contributed by atoms with Crippen LogP contribution in [0.3, 0.4) is 0 Å². The summed E-state index contributed by atoms with van der Waals surface area (Å²) >= 11 is 0. The zero-order valence-corrected chi connectivity index (χ0v) is 7.49. The number of carboxylic acids is 1. The quantitative estimate of drug-likeness (QED) is 0.446. The fourth-order valence-corrected chi connectivity index (χ4v) is 1.09. The third kappa shape index (κ3) is 5.26. The van der Waals surface area contributed by atoms with Gasteiger partial charge in [-0.25, -0.2) is 0 Å². The number of rotatable bonds is 5. The highest BCUT2D eigenvalue weighted by atomic mass is 31.2. The number of carboxylic acid groups (broad SMARTS) is 1. The maximum absolute atomic E-state index is 10.3. The lowest BCUT2D eigenvalue weighted by Gasteiger charge is -2.12. The van der Waals surface area contributed by atoms with Gasteiger partial charge in [-0.1, -0.05) is 6.92 Å². The third-order valence-corrected chi connectivity index (χ3v) is 1.84. The first-order chi connectivity index (χ1) is 5.37. The molecule has 0 aliphatic carbocycles. The van der Waals surface area contributed by atoms with E-state index in [9.17, 15) is 9.36 Å². The molecule has 0 rings (SSSR count). The summed E-state index contributed by atoms with van der Waals surface area (Å²) in [4.78, 5) is 27.1. The molecule has 6 nitrogen and oxygen atoms in total. The van der Waals surface area contributed by atoms with Gasteiger partial charge in [0.05, 0.1) is 6.29 Å². The van der Waals surface area contributed by atoms with Crippen molar-refractivity contribution >= 4 is 13.6 Å². The van der Waals surface area contributed by atoms with Gasteiger partial charge in [0.2, 0.25) is 0 Å². The minimum absolute atomic E-state index is 0.287. The molecule has 0 saturated heterocycles. The molecule has 0 amide bonds. The summed E-state index contributed by atoms with van der Waals surface area (Å²) in [7, 11) is -4.15. The number of carbonyl (C=O) groups is 1. The van der Waals surface area contributed by atoms with Crippen molar-refractivity contribution in [1.82, 2.24) is 5.32 Å². The monoisotopic (exact) mass is 197 g/mol. The molecule has 7 heteroatoms. The van der Waals surface area contributed by atoms with Gasteiger partial charge >= 0.3 is 13.6 Å². The van der Waals surface area contributed by atoms with Crippen LogP contribution in [0.25, 0.3) is 0 Å². The smallest absolute Gasteiger partial charge is 0.339 e. The first-order valence-electron chi connectivity index (χ1n) is 3.37. The van der Waals surface area contributed by atoms with Crippen molar-refractivity contribution in [3.8, 4) is 0 Å². The van der Waals surface area contributed by atoms with Crippen molar-refractivity contribution in [3.63, 3.8) is 0 Å². The van der Waals surface area contributed by atoms with E-state index < -0.39 is 25.9 Å². The summed E-state index contributed by atoms with van der Waals surface area (Å²) in [5.41, 5.74) is 0. The summed E-state index contributed by atoms with van der Waals surface area (Å²) in [5.74, 6) is -1.11. The van der Waals surface area contributed by atoms with Crippen molar-refractivity contribution < 1.29 is 24.3 Å². The highest BCUT2D eigenvalue weighted by Crippen LogP contribution is 2.32. The second kappa shape index (κ2) is 4.57. The molecule has 0 aliphatic heterocycles. The van der Waals surface area contributed by atoms with Crippen LogP contribution in [0.15, 0.2) is 0 Å². The molecule has 4 N–H and O–H groups in total. The molecule has 0 heterocycles. The predicted octanol–water partition coefficient (Wildman–Crippen LogP) is -0.426. The van der Waals surface area contributed by atoms with E-state index in [-0.39, 0.29) is 6.42 Å². The Morgan fingerprint density at radius 3 is 2.33 bits per heavy atom. The molecule has 12 heavy (non-hydrogen) atoms. The zero-order valence-electron chi connectivity index (χ0n) is 6.60. The van der Waals surface area contributed by atoms with Crippen LogP contribution >= 0.6 is 7.60 Å². The highest BCUT2D eigenvalue weighted by molar-refractivity contribution is 7.51. The fraction of sp³-hybridized carbons (Fsp3) is 0.800. The van der Waals surface area contributed by atoms with Gasteiger partial charge in [0, 0.05) is 0 Å². The Hall–Kier alpha value is -0.420. The molecule has 0 saturated carbocycles. The van der Waals surface area contributed by atoms with E-state index in [1.54, 1.807) is 6.92 Å². The summed E-state index contributed by atoms with van der Waals surface area (Å²) in [6, 6.07) is -0.891. The van der Waals surface area contributed by atoms with Crippen LogP contribution < -0.4 is 5.32 Å². The van der Waals surface area contributed by atoms with Gasteiger partial charge in [0.1, 0.15) is 6.04 Å². The van der Waals surface area contributed by atoms with Crippen LogP contribution in [0.5, 0.6) is 0 Å². The molecule has 0 spiro atoms. The zero-order chi connectivity index (χ0) is 9.78. The summed E-state index contributed by atoms with van der Waals surface area (Å²) in [6.45, 7) is 1.62. The number of nitrogens with one attached hydrogen (secondary N) is 1. The van der Waals surface area contributed by atoms with Gasteiger partial charge in [-0.2, -0.15) is 0 Å². The van der Waals surface area contributed by atoms with Crippen LogP contribution in [0, 0.1) is 0 Å². The summed E-state index contributed by atoms with van der Waals surface area (Å²) in [6.07, 6.45) is -0.312. The number of hydrogen-bond acceptors (Lipinski definition) is 3. The topological polar surface area (TPSA) is 107 Å². The largest absolute Gasteiger partial charge is 0.480 e. The Bertz CT molecular complexity index is 200. The van der Waals surface area contributed by atoms with Gasteiger partial charge < -0.3 is 14.9 Å². The summed E-state index contributed by atoms with van der Waals surface area (Å²) < 4.78 is 10.3. The first kappa shape index (κ1) is 11.6. The van der Waals surface area contributed by atoms with Gasteiger partial charge in [-0.05, 0) is 6.42 Å². The lowest BCUT2D eigenvalue weighted by Crippen LogP contribution is -2.36. The van der Waals surface area contributed by atoms with Crippen molar-refractivity contribution in [2.24, 2.45) is 0 Å². The van der Waals surface area contributed by atoms with Crippen LogP contribution in [0.2, 0.25) is 0 Å². The number of hydrogen-bond donors (Lipinski definition) is 4. The van der Waals surface area contributed by atoms with E-state index in [1.165, 1.54) is 0 Å². The van der Waals surface area contributed by atoms with Crippen LogP contribution in [-0.4, -0.2) is 33.2 Å². The maximum atomic E-state index is 10.3. The van der Waals surface area contributed by atoms with Crippen molar-refractivity contribution in [3.05, 3.63) is 0 Å². The van der Waals surface area contributed by atoms with Gasteiger partial charge in [0.25, 0.3) is 0 Å². The van der Waals surface area contributed by atoms with E-state index in [2.05, 4.69) is 5.32 Å². The van der Waals surface area contributed by atoms with Crippen LogP contribution in [0.4, 0.5) is 0 Å². The molecular weight excluding hydrogens is 185 g/mol. The van der Waals surface area contributed by atoms with Crippen LogP contribution in [0.1, 0.15) is 13.3 Å². The molecule has 0 aromatic carbocycles. The fourth-order valence-electron chi connectivity index (χ4n) is 0.635. The van der Waals surface area contributed by atoms with Crippen molar-refractivity contribution in [2.45, 2.75) is 19.4 Å². The SMILES string of the molecule is CCC(NCP(=O)(O)O)C(=O)O. The lowest BCUT2D eigenvalue weighted by atomic mass is 10.2. The van der Waals surface area contributed by atoms with E-state index in [0.717, 1.165) is 0 Å². The van der Waals surface area contributed by atoms with Crippen LogP contribution in [-0.2, 0) is 9.36 Å². The van der Waals surface area contributed by atoms with Gasteiger partial charge in [0.15, 0.2) is 0 Å². The van der Waals surface area contributed by atoms with Gasteiger partial charge in [-0.15, -0.1) is 0 Å². The third-order valence-electron chi connectivity index (χ3n) is 1.25. The molecule has 0 radical (unpaired) electrons. The Balaban J connectivity index is 3.90. The highest BCUT2D eigenvalue weighted by Gasteiger charge is 2.19. The maximum Gasteiger partial charge on any atom is 0.339 e. The Labute approximate surface area is 69.8 Å². The average molecular weight is 197 g/mol. The van der Waals surface area contributed by atoms with Crippen molar-refractivity contribution in [1.29, 1.82) is 0 Å². The van der Waals surface area contributed by atoms with E-state index in [1.807, 2.05) is 0 Å². The minimum Gasteiger partial charge on any atom is -0.480 e. The molecule has 1 atom stereocenters. The minimum atomic E-state index is -4.15. The molecule has 0 aliphatic rings. The molecule has 0 fully saturated rings. The van der Waals surface area contributed by atoms with E-state index in [4.69, 9.17) is 14.9 Å².